The molecule has 0 bridgehead atoms. The third kappa shape index (κ3) is 4.45. The van der Waals surface area contributed by atoms with E-state index in [1.165, 1.54) is 11.3 Å². The molecule has 27 heavy (non-hydrogen) atoms. The quantitative estimate of drug-likeness (QED) is 0.517. The molecule has 8 heteroatoms. The average Bonchev–Trinajstić information content (AvgIpc) is 3.02. The van der Waals surface area contributed by atoms with Crippen LogP contribution in [-0.2, 0) is 9.53 Å². The minimum atomic E-state index is -0.693. The molecule has 3 aromatic rings. The molecule has 0 aliphatic heterocycles. The molecule has 0 fully saturated rings. The number of esters is 1. The van der Waals surface area contributed by atoms with Gasteiger partial charge in [0.25, 0.3) is 11.8 Å². The van der Waals surface area contributed by atoms with Crippen molar-refractivity contribution < 1.29 is 19.1 Å². The Morgan fingerprint density at radius 2 is 1.74 bits per heavy atom. The van der Waals surface area contributed by atoms with Gasteiger partial charge in [-0.05, 0) is 25.1 Å². The van der Waals surface area contributed by atoms with E-state index in [-0.39, 0.29) is 4.88 Å². The third-order valence-electron chi connectivity index (χ3n) is 3.68. The van der Waals surface area contributed by atoms with Crippen LogP contribution in [-0.4, -0.2) is 24.4 Å². The smallest absolute Gasteiger partial charge is 0.350 e. The second kappa shape index (κ2) is 8.20. The van der Waals surface area contributed by atoms with Gasteiger partial charge >= 0.3 is 5.97 Å². The maximum absolute atomic E-state index is 12.2. The van der Waals surface area contributed by atoms with Crippen molar-refractivity contribution in [3.63, 3.8) is 0 Å². The largest absolute Gasteiger partial charge is 0.451 e. The Bertz CT molecular complexity index is 1010. The Balaban J connectivity index is 1.52. The summed E-state index contributed by atoms with van der Waals surface area (Å²) in [5.41, 5.74) is 5.87. The van der Waals surface area contributed by atoms with Gasteiger partial charge in [0.15, 0.2) is 6.61 Å². The molecule has 2 amide bonds. The lowest BCUT2D eigenvalue weighted by atomic mass is 10.1. The standard InChI is InChI=1S/C19H15ClN2O4S/c1-11-6-8-12(9-7-11)18(24)22-21-15(23)10-26-19(25)17-16(20)13-4-2-3-5-14(13)27-17/h2-9H,10H2,1H3,(H,21,23)(H,22,24). The molecule has 0 aliphatic carbocycles. The molecule has 2 N–H and O–H groups in total. The molecule has 0 saturated carbocycles. The van der Waals surface area contributed by atoms with Gasteiger partial charge < -0.3 is 4.74 Å². The average molecular weight is 403 g/mol. The van der Waals surface area contributed by atoms with Crippen LogP contribution < -0.4 is 10.9 Å². The molecule has 6 nitrogen and oxygen atoms in total. The zero-order valence-corrected chi connectivity index (χ0v) is 15.8. The van der Waals surface area contributed by atoms with Gasteiger partial charge in [0.1, 0.15) is 4.88 Å². The Morgan fingerprint density at radius 1 is 1.04 bits per heavy atom. The summed E-state index contributed by atoms with van der Waals surface area (Å²) in [5, 5.41) is 1.06. The highest BCUT2D eigenvalue weighted by Crippen LogP contribution is 2.35. The lowest BCUT2D eigenvalue weighted by Gasteiger charge is -2.08. The first-order valence-electron chi connectivity index (χ1n) is 7.95. The van der Waals surface area contributed by atoms with E-state index in [9.17, 15) is 14.4 Å². The van der Waals surface area contributed by atoms with Crippen molar-refractivity contribution in [2.75, 3.05) is 6.61 Å². The number of hydrogen-bond donors (Lipinski definition) is 2. The van der Waals surface area contributed by atoms with E-state index in [1.807, 2.05) is 25.1 Å². The van der Waals surface area contributed by atoms with E-state index in [1.54, 1.807) is 30.3 Å². The molecule has 0 aliphatic rings. The summed E-state index contributed by atoms with van der Waals surface area (Å²) >= 11 is 7.39. The van der Waals surface area contributed by atoms with Gasteiger partial charge in [0.05, 0.1) is 5.02 Å². The van der Waals surface area contributed by atoms with Gasteiger partial charge in [-0.15, -0.1) is 11.3 Å². The topological polar surface area (TPSA) is 84.5 Å². The first-order chi connectivity index (χ1) is 13.0. The van der Waals surface area contributed by atoms with Crippen LogP contribution in [0.15, 0.2) is 48.5 Å². The number of carbonyl (C=O) groups is 3. The Labute approximate surface area is 164 Å². The summed E-state index contributed by atoms with van der Waals surface area (Å²) in [6.07, 6.45) is 0. The molecule has 1 heterocycles. The minimum absolute atomic E-state index is 0.231. The number of hydrogen-bond acceptors (Lipinski definition) is 5. The monoisotopic (exact) mass is 402 g/mol. The highest BCUT2D eigenvalue weighted by molar-refractivity contribution is 7.21. The molecule has 138 valence electrons. The van der Waals surface area contributed by atoms with Crippen LogP contribution in [0.1, 0.15) is 25.6 Å². The molecular weight excluding hydrogens is 388 g/mol. The van der Waals surface area contributed by atoms with Crippen LogP contribution in [0.3, 0.4) is 0 Å². The van der Waals surface area contributed by atoms with E-state index in [0.717, 1.165) is 15.6 Å². The van der Waals surface area contributed by atoms with Crippen molar-refractivity contribution in [3.8, 4) is 0 Å². The predicted octanol–water partition coefficient (Wildman–Crippen LogP) is 3.48. The summed E-state index contributed by atoms with van der Waals surface area (Å²) in [4.78, 5) is 36.1. The summed E-state index contributed by atoms with van der Waals surface area (Å²) in [5.74, 6) is -1.83. The Morgan fingerprint density at radius 3 is 2.44 bits per heavy atom. The van der Waals surface area contributed by atoms with Gasteiger partial charge in [-0.3, -0.25) is 20.4 Å². The minimum Gasteiger partial charge on any atom is -0.451 e. The van der Waals surface area contributed by atoms with Gasteiger partial charge in [0.2, 0.25) is 0 Å². The number of carbonyl (C=O) groups excluding carboxylic acids is 3. The molecule has 0 radical (unpaired) electrons. The first-order valence-corrected chi connectivity index (χ1v) is 9.15. The molecule has 1 aromatic heterocycles. The van der Waals surface area contributed by atoms with Crippen LogP contribution in [0.2, 0.25) is 5.02 Å². The zero-order chi connectivity index (χ0) is 19.4. The van der Waals surface area contributed by atoms with Gasteiger partial charge in [-0.2, -0.15) is 0 Å². The number of amides is 2. The number of thiophene rings is 1. The Kier molecular flexibility index (Phi) is 5.73. The van der Waals surface area contributed by atoms with Crippen LogP contribution in [0.25, 0.3) is 10.1 Å². The number of rotatable bonds is 4. The summed E-state index contributed by atoms with van der Waals surface area (Å²) in [6.45, 7) is 1.36. The number of aryl methyl sites for hydroxylation is 1. The van der Waals surface area contributed by atoms with E-state index in [0.29, 0.717) is 10.6 Å². The fraction of sp³-hybridized carbons (Fsp3) is 0.105. The normalized spacial score (nSPS) is 10.4. The molecule has 3 rings (SSSR count). The van der Waals surface area contributed by atoms with E-state index in [4.69, 9.17) is 16.3 Å². The van der Waals surface area contributed by atoms with E-state index in [2.05, 4.69) is 10.9 Å². The van der Waals surface area contributed by atoms with Crippen LogP contribution in [0.4, 0.5) is 0 Å². The molecule has 0 spiro atoms. The van der Waals surface area contributed by atoms with Crippen molar-refractivity contribution in [3.05, 3.63) is 69.6 Å². The van der Waals surface area contributed by atoms with E-state index >= 15 is 0 Å². The number of fused-ring (bicyclic) bond motifs is 1. The van der Waals surface area contributed by atoms with Crippen LogP contribution >= 0.6 is 22.9 Å². The SMILES string of the molecule is Cc1ccc(C(=O)NNC(=O)COC(=O)c2sc3ccccc3c2Cl)cc1. The number of ether oxygens (including phenoxy) is 1. The van der Waals surface area contributed by atoms with Gasteiger partial charge in [-0.25, -0.2) is 4.79 Å². The highest BCUT2D eigenvalue weighted by Gasteiger charge is 2.19. The zero-order valence-electron chi connectivity index (χ0n) is 14.2. The highest BCUT2D eigenvalue weighted by atomic mass is 35.5. The Hall–Kier alpha value is -2.90. The van der Waals surface area contributed by atoms with Gasteiger partial charge in [0, 0.05) is 15.6 Å². The third-order valence-corrected chi connectivity index (χ3v) is 5.34. The fourth-order valence-corrected chi connectivity index (χ4v) is 3.68. The van der Waals surface area contributed by atoms with Gasteiger partial charge in [-0.1, -0.05) is 47.5 Å². The number of hydrazine groups is 1. The maximum Gasteiger partial charge on any atom is 0.350 e. The van der Waals surface area contributed by atoms with Crippen molar-refractivity contribution >= 4 is 50.8 Å². The number of benzene rings is 2. The van der Waals surface area contributed by atoms with Crippen LogP contribution in [0.5, 0.6) is 0 Å². The lowest BCUT2D eigenvalue weighted by molar-refractivity contribution is -0.125. The molecular formula is C19H15ClN2O4S. The molecule has 0 saturated heterocycles. The van der Waals surface area contributed by atoms with Crippen molar-refractivity contribution in [1.29, 1.82) is 0 Å². The lowest BCUT2D eigenvalue weighted by Crippen LogP contribution is -2.43. The van der Waals surface area contributed by atoms with Crippen molar-refractivity contribution in [2.24, 2.45) is 0 Å². The second-order valence-corrected chi connectivity index (χ2v) is 7.12. The number of halogens is 1. The van der Waals surface area contributed by atoms with Crippen molar-refractivity contribution in [2.45, 2.75) is 6.92 Å². The van der Waals surface area contributed by atoms with E-state index < -0.39 is 24.4 Å². The summed E-state index contributed by atoms with van der Waals surface area (Å²) in [6, 6.07) is 14.2. The van der Waals surface area contributed by atoms with Crippen molar-refractivity contribution in [1.82, 2.24) is 10.9 Å². The second-order valence-electron chi connectivity index (χ2n) is 5.69. The molecule has 2 aromatic carbocycles. The summed E-state index contributed by atoms with van der Waals surface area (Å²) in [7, 11) is 0. The molecule has 0 atom stereocenters. The predicted molar refractivity (Wildman–Crippen MR) is 104 cm³/mol. The molecule has 0 unspecified atom stereocenters. The number of nitrogens with one attached hydrogen (secondary N) is 2. The maximum atomic E-state index is 12.2. The summed E-state index contributed by atoms with van der Waals surface area (Å²) < 4.78 is 5.83. The fourth-order valence-electron chi connectivity index (χ4n) is 2.28. The first kappa shape index (κ1) is 18.9. The van der Waals surface area contributed by atoms with Crippen LogP contribution in [0, 0.1) is 6.92 Å².